The molecule has 2 aromatic carbocycles. The molecule has 0 radical (unpaired) electrons. The molecule has 2 atom stereocenters. The second-order valence-corrected chi connectivity index (χ2v) is 8.86. The average Bonchev–Trinajstić information content (AvgIpc) is 2.67. The summed E-state index contributed by atoms with van der Waals surface area (Å²) in [6.45, 7) is 0.623. The summed E-state index contributed by atoms with van der Waals surface area (Å²) in [5.74, 6) is 1.60. The fraction of sp³-hybridized carbons (Fsp3) is 0.400. The van der Waals surface area contributed by atoms with Crippen molar-refractivity contribution >= 4 is 7.37 Å². The van der Waals surface area contributed by atoms with E-state index in [4.69, 9.17) is 14.2 Å². The Morgan fingerprint density at radius 3 is 2.14 bits per heavy atom. The highest BCUT2D eigenvalue weighted by atomic mass is 31.2. The number of methoxy groups -OCH3 is 3. The minimum atomic E-state index is -3.47. The predicted octanol–water partition coefficient (Wildman–Crippen LogP) is 2.63. The van der Waals surface area contributed by atoms with E-state index in [0.29, 0.717) is 23.8 Å². The second kappa shape index (κ2) is 10.5. The average molecular weight is 409 g/mol. The van der Waals surface area contributed by atoms with Crippen LogP contribution in [0.15, 0.2) is 42.5 Å². The smallest absolute Gasteiger partial charge is 0.207 e. The van der Waals surface area contributed by atoms with Crippen molar-refractivity contribution in [3.05, 3.63) is 53.6 Å². The Labute approximate surface area is 165 Å². The Kier molecular flexibility index (Phi) is 8.33. The van der Waals surface area contributed by atoms with Crippen molar-refractivity contribution in [2.45, 2.75) is 18.8 Å². The Morgan fingerprint density at radius 2 is 1.61 bits per heavy atom. The number of ether oxygens (including phenoxy) is 3. The molecule has 0 saturated heterocycles. The number of benzene rings is 2. The summed E-state index contributed by atoms with van der Waals surface area (Å²) in [5.41, 5.74) is 1.66. The highest BCUT2D eigenvalue weighted by molar-refractivity contribution is 7.57. The lowest BCUT2D eigenvalue weighted by molar-refractivity contribution is 0.190. The van der Waals surface area contributed by atoms with Gasteiger partial charge in [0.1, 0.15) is 0 Å². The number of aliphatic hydroxyl groups is 1. The van der Waals surface area contributed by atoms with Crippen molar-refractivity contribution < 1.29 is 28.8 Å². The Morgan fingerprint density at radius 1 is 1.00 bits per heavy atom. The molecule has 0 saturated carbocycles. The van der Waals surface area contributed by atoms with E-state index in [2.05, 4.69) is 5.32 Å². The van der Waals surface area contributed by atoms with Gasteiger partial charge in [-0.25, -0.2) is 0 Å². The first-order valence-electron chi connectivity index (χ1n) is 8.91. The highest BCUT2D eigenvalue weighted by Gasteiger charge is 2.23. The number of aliphatic hydroxyl groups excluding tert-OH is 1. The van der Waals surface area contributed by atoms with Gasteiger partial charge in [0.2, 0.25) is 13.1 Å². The predicted molar refractivity (Wildman–Crippen MR) is 109 cm³/mol. The molecule has 0 aromatic heterocycles. The van der Waals surface area contributed by atoms with Crippen LogP contribution in [-0.4, -0.2) is 50.1 Å². The van der Waals surface area contributed by atoms with Crippen LogP contribution in [0.25, 0.3) is 0 Å². The van der Waals surface area contributed by atoms with E-state index in [1.165, 1.54) is 7.11 Å². The van der Waals surface area contributed by atoms with Gasteiger partial charge in [-0.2, -0.15) is 0 Å². The number of nitrogens with one attached hydrogen (secondary N) is 1. The first-order valence-corrected chi connectivity index (χ1v) is 10.9. The van der Waals surface area contributed by atoms with Crippen molar-refractivity contribution in [2.75, 3.05) is 34.0 Å². The number of hydrogen-bond donors (Lipinski definition) is 3. The second-order valence-electron chi connectivity index (χ2n) is 6.49. The zero-order valence-electron chi connectivity index (χ0n) is 16.4. The maximum Gasteiger partial charge on any atom is 0.207 e. The van der Waals surface area contributed by atoms with Gasteiger partial charge in [0.15, 0.2) is 11.5 Å². The van der Waals surface area contributed by atoms with Gasteiger partial charge in [-0.1, -0.05) is 30.3 Å². The van der Waals surface area contributed by atoms with Crippen LogP contribution in [-0.2, 0) is 17.3 Å². The van der Waals surface area contributed by atoms with Crippen molar-refractivity contribution in [3.8, 4) is 17.2 Å². The molecule has 7 nitrogen and oxygen atoms in total. The molecule has 0 amide bonds. The Bertz CT molecular complexity index is 774. The monoisotopic (exact) mass is 409 g/mol. The molecule has 0 spiro atoms. The van der Waals surface area contributed by atoms with E-state index in [0.717, 1.165) is 11.1 Å². The van der Waals surface area contributed by atoms with Crippen LogP contribution >= 0.6 is 7.37 Å². The first-order chi connectivity index (χ1) is 13.4. The molecule has 2 rings (SSSR count). The summed E-state index contributed by atoms with van der Waals surface area (Å²) < 4.78 is 28.3. The van der Waals surface area contributed by atoms with Gasteiger partial charge in [0.25, 0.3) is 0 Å². The number of hydrogen-bond acceptors (Lipinski definition) is 6. The van der Waals surface area contributed by atoms with Crippen LogP contribution < -0.4 is 19.5 Å². The lowest BCUT2D eigenvalue weighted by atomic mass is 10.1. The minimum absolute atomic E-state index is 0.0534. The maximum atomic E-state index is 12.4. The summed E-state index contributed by atoms with van der Waals surface area (Å²) >= 11 is 0. The molecule has 3 N–H and O–H groups in total. The van der Waals surface area contributed by atoms with Crippen LogP contribution in [0.1, 0.15) is 11.1 Å². The van der Waals surface area contributed by atoms with Gasteiger partial charge in [-0.05, 0) is 23.3 Å². The van der Waals surface area contributed by atoms with Crippen LogP contribution in [0.2, 0.25) is 0 Å². The Hall–Kier alpha value is -2.05. The molecule has 28 heavy (non-hydrogen) atoms. The summed E-state index contributed by atoms with van der Waals surface area (Å²) in [6, 6.07) is 12.7. The molecular formula is C20H28NO6P. The molecular weight excluding hydrogens is 381 g/mol. The SMILES string of the molecule is COc1cc(CNCC(O)CP(=O)(O)Cc2ccccc2)cc(OC)c1OC. The van der Waals surface area contributed by atoms with Crippen LogP contribution in [0.3, 0.4) is 0 Å². The molecule has 0 aliphatic rings. The van der Waals surface area contributed by atoms with Gasteiger partial charge in [0.05, 0.1) is 33.6 Å². The largest absolute Gasteiger partial charge is 0.493 e. The number of rotatable bonds is 11. The topological polar surface area (TPSA) is 97.2 Å². The molecule has 0 fully saturated rings. The summed E-state index contributed by atoms with van der Waals surface area (Å²) in [5, 5.41) is 13.3. The van der Waals surface area contributed by atoms with Crippen molar-refractivity contribution in [1.82, 2.24) is 5.32 Å². The molecule has 0 heterocycles. The van der Waals surface area contributed by atoms with E-state index in [-0.39, 0.29) is 18.9 Å². The summed E-state index contributed by atoms with van der Waals surface area (Å²) in [6.07, 6.45) is -1.04. The van der Waals surface area contributed by atoms with E-state index in [9.17, 15) is 14.6 Å². The first kappa shape index (κ1) is 22.2. The normalized spacial score (nSPS) is 14.2. The van der Waals surface area contributed by atoms with Crippen LogP contribution in [0.5, 0.6) is 17.2 Å². The van der Waals surface area contributed by atoms with Gasteiger partial charge < -0.3 is 29.5 Å². The van der Waals surface area contributed by atoms with Gasteiger partial charge in [-0.3, -0.25) is 4.57 Å². The van der Waals surface area contributed by atoms with Crippen LogP contribution in [0, 0.1) is 0 Å². The third-order valence-electron chi connectivity index (χ3n) is 4.20. The molecule has 154 valence electrons. The standard InChI is InChI=1S/C20H28NO6P/c1-25-18-9-16(10-19(26-2)20(18)27-3)11-21-12-17(22)14-28(23,24)13-15-7-5-4-6-8-15/h4-10,17,21-22H,11-14H2,1-3H3,(H,23,24). The van der Waals surface area contributed by atoms with Crippen molar-refractivity contribution in [3.63, 3.8) is 0 Å². The molecule has 8 heteroatoms. The van der Waals surface area contributed by atoms with Gasteiger partial charge >= 0.3 is 0 Å². The van der Waals surface area contributed by atoms with E-state index >= 15 is 0 Å². The zero-order chi connectivity index (χ0) is 20.6. The minimum Gasteiger partial charge on any atom is -0.493 e. The van der Waals surface area contributed by atoms with E-state index in [1.54, 1.807) is 26.4 Å². The van der Waals surface area contributed by atoms with Crippen LogP contribution in [0.4, 0.5) is 0 Å². The molecule has 2 aromatic rings. The van der Waals surface area contributed by atoms with Crippen molar-refractivity contribution in [1.29, 1.82) is 0 Å². The molecule has 0 aliphatic heterocycles. The highest BCUT2D eigenvalue weighted by Crippen LogP contribution is 2.44. The summed E-state index contributed by atoms with van der Waals surface area (Å²) in [4.78, 5) is 10.2. The molecule has 0 aliphatic carbocycles. The quantitative estimate of drug-likeness (QED) is 0.491. The zero-order valence-corrected chi connectivity index (χ0v) is 17.3. The van der Waals surface area contributed by atoms with Gasteiger partial charge in [-0.15, -0.1) is 0 Å². The third kappa shape index (κ3) is 6.53. The Balaban J connectivity index is 1.89. The lowest BCUT2D eigenvalue weighted by Gasteiger charge is -2.18. The third-order valence-corrected chi connectivity index (χ3v) is 6.05. The van der Waals surface area contributed by atoms with Gasteiger partial charge in [0, 0.05) is 19.3 Å². The van der Waals surface area contributed by atoms with Crippen molar-refractivity contribution in [2.24, 2.45) is 0 Å². The maximum absolute atomic E-state index is 12.4. The lowest BCUT2D eigenvalue weighted by Crippen LogP contribution is -2.29. The molecule has 2 unspecified atom stereocenters. The van der Waals surface area contributed by atoms with E-state index in [1.807, 2.05) is 30.3 Å². The summed E-state index contributed by atoms with van der Waals surface area (Å²) in [7, 11) is 1.16. The fourth-order valence-electron chi connectivity index (χ4n) is 2.95. The molecule has 0 bridgehead atoms. The van der Waals surface area contributed by atoms with E-state index < -0.39 is 13.5 Å². The fourth-order valence-corrected chi connectivity index (χ4v) is 4.65.